The van der Waals surface area contributed by atoms with E-state index in [0.717, 1.165) is 31.6 Å². The summed E-state index contributed by atoms with van der Waals surface area (Å²) < 4.78 is 7.55. The molecule has 1 unspecified atom stereocenters. The van der Waals surface area contributed by atoms with Gasteiger partial charge >= 0.3 is 0 Å². The fourth-order valence-electron chi connectivity index (χ4n) is 2.92. The number of nitrogens with zero attached hydrogens (tertiary/aromatic N) is 2. The summed E-state index contributed by atoms with van der Waals surface area (Å²) in [5.41, 5.74) is 3.89. The van der Waals surface area contributed by atoms with Gasteiger partial charge in [0.05, 0.1) is 29.1 Å². The summed E-state index contributed by atoms with van der Waals surface area (Å²) >= 11 is 6.28. The van der Waals surface area contributed by atoms with E-state index in [4.69, 9.17) is 22.2 Å². The summed E-state index contributed by atoms with van der Waals surface area (Å²) in [6, 6.07) is 0.311. The highest BCUT2D eigenvalue weighted by Gasteiger charge is 2.33. The molecule has 0 spiro atoms. The lowest BCUT2D eigenvalue weighted by Crippen LogP contribution is -2.37. The molecular formula is C14H25ClN4O. The topological polar surface area (TPSA) is 65.1 Å². The van der Waals surface area contributed by atoms with Crippen molar-refractivity contribution in [3.05, 3.63) is 16.9 Å². The van der Waals surface area contributed by atoms with Gasteiger partial charge in [-0.1, -0.05) is 11.6 Å². The molecule has 0 radical (unpaired) electrons. The van der Waals surface area contributed by atoms with Crippen molar-refractivity contribution < 1.29 is 4.74 Å². The molecule has 1 aliphatic rings. The van der Waals surface area contributed by atoms with Crippen molar-refractivity contribution in [2.75, 3.05) is 6.61 Å². The number of hydrogen-bond acceptors (Lipinski definition) is 4. The number of halogens is 1. The van der Waals surface area contributed by atoms with Gasteiger partial charge in [-0.2, -0.15) is 5.10 Å². The molecule has 1 heterocycles. The van der Waals surface area contributed by atoms with Crippen molar-refractivity contribution in [3.8, 4) is 0 Å². The molecule has 20 heavy (non-hydrogen) atoms. The van der Waals surface area contributed by atoms with Crippen LogP contribution in [0.1, 0.15) is 57.8 Å². The first-order valence-corrected chi connectivity index (χ1v) is 7.75. The van der Waals surface area contributed by atoms with E-state index in [2.05, 4.69) is 24.4 Å². The van der Waals surface area contributed by atoms with E-state index in [1.807, 2.05) is 11.6 Å². The summed E-state index contributed by atoms with van der Waals surface area (Å²) in [7, 11) is 0. The Balaban J connectivity index is 2.01. The fraction of sp³-hybridized carbons (Fsp3) is 0.786. The molecule has 0 aromatic carbocycles. The van der Waals surface area contributed by atoms with Crippen LogP contribution < -0.4 is 11.3 Å². The lowest BCUT2D eigenvalue weighted by molar-refractivity contribution is -0.0294. The van der Waals surface area contributed by atoms with Gasteiger partial charge in [0, 0.05) is 12.6 Å². The van der Waals surface area contributed by atoms with Crippen molar-refractivity contribution in [2.24, 2.45) is 11.8 Å². The van der Waals surface area contributed by atoms with Crippen molar-refractivity contribution in [3.63, 3.8) is 0 Å². The molecule has 0 amide bonds. The second kappa shape index (κ2) is 6.89. The highest BCUT2D eigenvalue weighted by molar-refractivity contribution is 6.31. The van der Waals surface area contributed by atoms with Crippen LogP contribution in [-0.2, 0) is 4.74 Å². The highest BCUT2D eigenvalue weighted by Crippen LogP contribution is 2.38. The summed E-state index contributed by atoms with van der Waals surface area (Å²) in [6.45, 7) is 7.02. The Hall–Kier alpha value is -0.620. The monoisotopic (exact) mass is 300 g/mol. The fourth-order valence-corrected chi connectivity index (χ4v) is 3.18. The Kier molecular flexibility index (Phi) is 5.43. The number of aromatic nitrogens is 2. The lowest BCUT2D eigenvalue weighted by Gasteiger charge is -2.37. The molecule has 1 atom stereocenters. The average molecular weight is 301 g/mol. The van der Waals surface area contributed by atoms with E-state index in [1.165, 1.54) is 0 Å². The highest BCUT2D eigenvalue weighted by atomic mass is 35.5. The maximum Gasteiger partial charge on any atom is 0.0834 e. The smallest absolute Gasteiger partial charge is 0.0834 e. The van der Waals surface area contributed by atoms with Crippen molar-refractivity contribution in [1.29, 1.82) is 0 Å². The lowest BCUT2D eigenvalue weighted by atomic mass is 9.78. The second-order valence-electron chi connectivity index (χ2n) is 5.79. The van der Waals surface area contributed by atoms with Crippen LogP contribution in [0.3, 0.4) is 0 Å². The van der Waals surface area contributed by atoms with Gasteiger partial charge in [-0.25, -0.2) is 0 Å². The maximum atomic E-state index is 6.28. The SMILES string of the molecule is CCOC1CC(CC(NN)c2c(Cl)cnn2C(C)C)C1. The molecule has 1 aromatic rings. The summed E-state index contributed by atoms with van der Waals surface area (Å²) in [5.74, 6) is 6.38. The summed E-state index contributed by atoms with van der Waals surface area (Å²) in [6.07, 6.45) is 5.32. The van der Waals surface area contributed by atoms with E-state index < -0.39 is 0 Å². The first-order chi connectivity index (χ1) is 9.56. The minimum Gasteiger partial charge on any atom is -0.378 e. The van der Waals surface area contributed by atoms with Crippen molar-refractivity contribution in [2.45, 2.75) is 58.2 Å². The van der Waals surface area contributed by atoms with Gasteiger partial charge in [0.1, 0.15) is 0 Å². The Morgan fingerprint density at radius 3 is 2.80 bits per heavy atom. The maximum absolute atomic E-state index is 6.28. The number of ether oxygens (including phenoxy) is 1. The molecule has 3 N–H and O–H groups in total. The third-order valence-corrected chi connectivity index (χ3v) is 4.26. The van der Waals surface area contributed by atoms with Gasteiger partial charge in [-0.05, 0) is 46.0 Å². The van der Waals surface area contributed by atoms with Crippen LogP contribution in [-0.4, -0.2) is 22.5 Å². The predicted molar refractivity (Wildman–Crippen MR) is 80.4 cm³/mol. The second-order valence-corrected chi connectivity index (χ2v) is 6.19. The number of nitrogens with two attached hydrogens (primary N) is 1. The average Bonchev–Trinajstić information content (AvgIpc) is 2.74. The van der Waals surface area contributed by atoms with Crippen LogP contribution in [0.2, 0.25) is 5.02 Å². The van der Waals surface area contributed by atoms with Gasteiger partial charge in [0.2, 0.25) is 0 Å². The number of hydrazine groups is 1. The Labute approximate surface area is 125 Å². The Bertz CT molecular complexity index is 429. The zero-order valence-electron chi connectivity index (χ0n) is 12.5. The van der Waals surface area contributed by atoms with E-state index in [9.17, 15) is 0 Å². The van der Waals surface area contributed by atoms with E-state index >= 15 is 0 Å². The van der Waals surface area contributed by atoms with Crippen molar-refractivity contribution >= 4 is 11.6 Å². The van der Waals surface area contributed by atoms with E-state index in [-0.39, 0.29) is 12.1 Å². The zero-order chi connectivity index (χ0) is 14.7. The van der Waals surface area contributed by atoms with Crippen LogP contribution in [0.4, 0.5) is 0 Å². The van der Waals surface area contributed by atoms with Gasteiger partial charge in [0.15, 0.2) is 0 Å². The largest absolute Gasteiger partial charge is 0.378 e. The summed E-state index contributed by atoms with van der Waals surface area (Å²) in [4.78, 5) is 0. The van der Waals surface area contributed by atoms with Crippen LogP contribution in [0.25, 0.3) is 0 Å². The van der Waals surface area contributed by atoms with Gasteiger partial charge in [0.25, 0.3) is 0 Å². The molecule has 0 aliphatic heterocycles. The quantitative estimate of drug-likeness (QED) is 0.600. The molecule has 1 fully saturated rings. The molecule has 1 saturated carbocycles. The normalized spacial score (nSPS) is 23.9. The third-order valence-electron chi connectivity index (χ3n) is 3.97. The van der Waals surface area contributed by atoms with E-state index in [1.54, 1.807) is 6.20 Å². The molecule has 1 aromatic heterocycles. The van der Waals surface area contributed by atoms with Gasteiger partial charge in [-0.15, -0.1) is 0 Å². The number of hydrogen-bond donors (Lipinski definition) is 2. The number of rotatable bonds is 7. The molecule has 5 nitrogen and oxygen atoms in total. The van der Waals surface area contributed by atoms with Crippen LogP contribution in [0, 0.1) is 5.92 Å². The van der Waals surface area contributed by atoms with Gasteiger partial charge < -0.3 is 4.74 Å². The predicted octanol–water partition coefficient (Wildman–Crippen LogP) is 2.83. The Morgan fingerprint density at radius 1 is 1.55 bits per heavy atom. The first-order valence-electron chi connectivity index (χ1n) is 7.37. The van der Waals surface area contributed by atoms with Crippen LogP contribution >= 0.6 is 11.6 Å². The number of nitrogens with one attached hydrogen (secondary N) is 1. The van der Waals surface area contributed by atoms with Gasteiger partial charge in [-0.3, -0.25) is 16.0 Å². The standard InChI is InChI=1S/C14H25ClN4O/c1-4-20-11-5-10(6-11)7-13(18-16)14-12(15)8-17-19(14)9(2)3/h8-11,13,18H,4-7,16H2,1-3H3. The Morgan fingerprint density at radius 2 is 2.25 bits per heavy atom. The van der Waals surface area contributed by atoms with Crippen LogP contribution in [0.5, 0.6) is 0 Å². The first kappa shape index (κ1) is 15.8. The molecule has 0 bridgehead atoms. The van der Waals surface area contributed by atoms with E-state index in [0.29, 0.717) is 17.0 Å². The third kappa shape index (κ3) is 3.34. The molecule has 1 aliphatic carbocycles. The molecular weight excluding hydrogens is 276 g/mol. The molecule has 6 heteroatoms. The minimum absolute atomic E-state index is 0.0416. The molecule has 114 valence electrons. The minimum atomic E-state index is 0.0416. The van der Waals surface area contributed by atoms with Crippen molar-refractivity contribution in [1.82, 2.24) is 15.2 Å². The molecule has 0 saturated heterocycles. The van der Waals surface area contributed by atoms with Crippen LogP contribution in [0.15, 0.2) is 6.20 Å². The summed E-state index contributed by atoms with van der Waals surface area (Å²) in [5, 5.41) is 5.03. The zero-order valence-corrected chi connectivity index (χ0v) is 13.2. The molecule has 2 rings (SSSR count).